The van der Waals surface area contributed by atoms with E-state index in [0.29, 0.717) is 10.7 Å². The molecular formula is C13H11Cl2NS. The van der Waals surface area contributed by atoms with Crippen molar-refractivity contribution in [3.8, 4) is 0 Å². The summed E-state index contributed by atoms with van der Waals surface area (Å²) >= 11 is 13.8. The van der Waals surface area contributed by atoms with E-state index < -0.39 is 0 Å². The van der Waals surface area contributed by atoms with Crippen molar-refractivity contribution in [1.29, 1.82) is 0 Å². The molecule has 2 aromatic rings. The number of hydrogen-bond acceptors (Lipinski definition) is 2. The first kappa shape index (κ1) is 12.6. The van der Waals surface area contributed by atoms with Gasteiger partial charge < -0.3 is 5.73 Å². The summed E-state index contributed by atoms with van der Waals surface area (Å²) < 4.78 is 0. The topological polar surface area (TPSA) is 26.0 Å². The predicted molar refractivity (Wildman–Crippen MR) is 76.9 cm³/mol. The van der Waals surface area contributed by atoms with Crippen LogP contribution in [0.2, 0.25) is 10.0 Å². The number of thioether (sulfide) groups is 1. The zero-order valence-electron chi connectivity index (χ0n) is 8.99. The molecule has 0 amide bonds. The maximum absolute atomic E-state index is 6.10. The van der Waals surface area contributed by atoms with Gasteiger partial charge in [0.25, 0.3) is 0 Å². The van der Waals surface area contributed by atoms with E-state index in [4.69, 9.17) is 28.9 Å². The van der Waals surface area contributed by atoms with Crippen molar-refractivity contribution in [2.24, 2.45) is 0 Å². The SMILES string of the molecule is Nc1cccc(Cl)c1SCc1ccccc1Cl. The standard InChI is InChI=1S/C13H11Cl2NS/c14-10-5-2-1-4-9(10)8-17-13-11(15)6-3-7-12(13)16/h1-7H,8,16H2. The largest absolute Gasteiger partial charge is 0.398 e. The summed E-state index contributed by atoms with van der Waals surface area (Å²) in [5, 5.41) is 1.45. The van der Waals surface area contributed by atoms with Crippen LogP contribution in [-0.2, 0) is 5.75 Å². The van der Waals surface area contributed by atoms with Crippen molar-refractivity contribution in [3.63, 3.8) is 0 Å². The zero-order chi connectivity index (χ0) is 12.3. The van der Waals surface area contributed by atoms with E-state index in [1.807, 2.05) is 42.5 Å². The Morgan fingerprint density at radius 3 is 2.35 bits per heavy atom. The summed E-state index contributed by atoms with van der Waals surface area (Å²) in [4.78, 5) is 0.911. The van der Waals surface area contributed by atoms with Crippen molar-refractivity contribution in [2.45, 2.75) is 10.6 Å². The fraction of sp³-hybridized carbons (Fsp3) is 0.0769. The van der Waals surface area contributed by atoms with Gasteiger partial charge in [0.05, 0.1) is 5.02 Å². The molecule has 0 saturated heterocycles. The molecule has 0 aromatic heterocycles. The molecule has 0 aliphatic heterocycles. The predicted octanol–water partition coefficient (Wildman–Crippen LogP) is 4.87. The minimum absolute atomic E-state index is 0.682. The maximum atomic E-state index is 6.10. The fourth-order valence-electron chi connectivity index (χ4n) is 1.44. The van der Waals surface area contributed by atoms with Gasteiger partial charge in [0.2, 0.25) is 0 Å². The van der Waals surface area contributed by atoms with Crippen LogP contribution < -0.4 is 5.73 Å². The summed E-state index contributed by atoms with van der Waals surface area (Å²) in [6.07, 6.45) is 0. The molecule has 0 saturated carbocycles. The quantitative estimate of drug-likeness (QED) is 0.643. The molecule has 17 heavy (non-hydrogen) atoms. The Labute approximate surface area is 115 Å². The molecule has 0 heterocycles. The van der Waals surface area contributed by atoms with E-state index in [1.165, 1.54) is 0 Å². The molecule has 0 fully saturated rings. The number of nitrogens with two attached hydrogens (primary N) is 1. The fourth-order valence-corrected chi connectivity index (χ4v) is 3.06. The summed E-state index contributed by atoms with van der Waals surface area (Å²) in [5.74, 6) is 0.758. The molecular weight excluding hydrogens is 273 g/mol. The molecule has 88 valence electrons. The van der Waals surface area contributed by atoms with Crippen LogP contribution in [-0.4, -0.2) is 0 Å². The van der Waals surface area contributed by atoms with Crippen LogP contribution in [0.4, 0.5) is 5.69 Å². The van der Waals surface area contributed by atoms with Crippen LogP contribution in [0.1, 0.15) is 5.56 Å². The Kier molecular flexibility index (Phi) is 4.21. The molecule has 1 nitrogen and oxygen atoms in total. The molecule has 0 aliphatic rings. The Balaban J connectivity index is 2.16. The minimum atomic E-state index is 0.682. The van der Waals surface area contributed by atoms with Gasteiger partial charge in [-0.2, -0.15) is 0 Å². The van der Waals surface area contributed by atoms with Crippen LogP contribution in [0.3, 0.4) is 0 Å². The number of benzene rings is 2. The summed E-state index contributed by atoms with van der Waals surface area (Å²) in [5.41, 5.74) is 7.67. The van der Waals surface area contributed by atoms with Crippen LogP contribution in [0, 0.1) is 0 Å². The van der Waals surface area contributed by atoms with Crippen molar-refractivity contribution in [2.75, 3.05) is 5.73 Å². The van der Waals surface area contributed by atoms with Crippen molar-refractivity contribution < 1.29 is 0 Å². The monoisotopic (exact) mass is 283 g/mol. The van der Waals surface area contributed by atoms with Gasteiger partial charge in [-0.15, -0.1) is 11.8 Å². The second-order valence-corrected chi connectivity index (χ2v) is 5.34. The Bertz CT molecular complexity index is 508. The number of hydrogen-bond donors (Lipinski definition) is 1. The Morgan fingerprint density at radius 1 is 0.941 bits per heavy atom. The first-order valence-electron chi connectivity index (χ1n) is 5.08. The van der Waals surface area contributed by atoms with Gasteiger partial charge >= 0.3 is 0 Å². The van der Waals surface area contributed by atoms with Crippen LogP contribution in [0.15, 0.2) is 47.4 Å². The first-order chi connectivity index (χ1) is 8.18. The molecule has 2 N–H and O–H groups in total. The third-order valence-electron chi connectivity index (χ3n) is 2.33. The summed E-state index contributed by atoms with van der Waals surface area (Å²) in [6, 6.07) is 13.3. The van der Waals surface area contributed by atoms with Gasteiger partial charge in [-0.05, 0) is 23.8 Å². The third kappa shape index (κ3) is 3.09. The van der Waals surface area contributed by atoms with Gasteiger partial charge in [0.15, 0.2) is 0 Å². The van der Waals surface area contributed by atoms with Gasteiger partial charge in [-0.3, -0.25) is 0 Å². The highest BCUT2D eigenvalue weighted by molar-refractivity contribution is 7.98. The van der Waals surface area contributed by atoms with E-state index >= 15 is 0 Å². The highest BCUT2D eigenvalue weighted by Crippen LogP contribution is 2.35. The van der Waals surface area contributed by atoms with Crippen LogP contribution in [0.25, 0.3) is 0 Å². The van der Waals surface area contributed by atoms with Crippen molar-refractivity contribution in [3.05, 3.63) is 58.1 Å². The first-order valence-corrected chi connectivity index (χ1v) is 6.83. The number of halogens is 2. The van der Waals surface area contributed by atoms with E-state index in [2.05, 4.69) is 0 Å². The second kappa shape index (κ2) is 5.67. The second-order valence-electron chi connectivity index (χ2n) is 3.54. The highest BCUT2D eigenvalue weighted by Gasteiger charge is 2.06. The van der Waals surface area contributed by atoms with Gasteiger partial charge in [-0.1, -0.05) is 47.5 Å². The smallest absolute Gasteiger partial charge is 0.0562 e. The molecule has 2 aromatic carbocycles. The maximum Gasteiger partial charge on any atom is 0.0562 e. The molecule has 0 radical (unpaired) electrons. The third-order valence-corrected chi connectivity index (χ3v) is 4.32. The van der Waals surface area contributed by atoms with E-state index in [0.717, 1.165) is 21.2 Å². The lowest BCUT2D eigenvalue weighted by atomic mass is 10.2. The van der Waals surface area contributed by atoms with Gasteiger partial charge in [0.1, 0.15) is 0 Å². The molecule has 4 heteroatoms. The van der Waals surface area contributed by atoms with Crippen molar-refractivity contribution in [1.82, 2.24) is 0 Å². The lowest BCUT2D eigenvalue weighted by Crippen LogP contribution is -1.90. The number of rotatable bonds is 3. The van der Waals surface area contributed by atoms with E-state index in [1.54, 1.807) is 11.8 Å². The normalized spacial score (nSPS) is 10.5. The lowest BCUT2D eigenvalue weighted by molar-refractivity contribution is 1.38. The van der Waals surface area contributed by atoms with Crippen LogP contribution in [0.5, 0.6) is 0 Å². The number of nitrogen functional groups attached to an aromatic ring is 1. The van der Waals surface area contributed by atoms with E-state index in [-0.39, 0.29) is 0 Å². The zero-order valence-corrected chi connectivity index (χ0v) is 11.3. The number of anilines is 1. The molecule has 0 spiro atoms. The van der Waals surface area contributed by atoms with E-state index in [9.17, 15) is 0 Å². The van der Waals surface area contributed by atoms with Crippen LogP contribution >= 0.6 is 35.0 Å². The Hall–Kier alpha value is -0.830. The van der Waals surface area contributed by atoms with Gasteiger partial charge in [-0.25, -0.2) is 0 Å². The Morgan fingerprint density at radius 2 is 1.65 bits per heavy atom. The molecule has 0 unspecified atom stereocenters. The average Bonchev–Trinajstić information content (AvgIpc) is 2.30. The van der Waals surface area contributed by atoms with Crippen molar-refractivity contribution >= 4 is 40.7 Å². The molecule has 0 aliphatic carbocycles. The lowest BCUT2D eigenvalue weighted by Gasteiger charge is -2.08. The minimum Gasteiger partial charge on any atom is -0.398 e. The summed E-state index contributed by atoms with van der Waals surface area (Å²) in [7, 11) is 0. The molecule has 2 rings (SSSR count). The summed E-state index contributed by atoms with van der Waals surface area (Å²) in [6.45, 7) is 0. The highest BCUT2D eigenvalue weighted by atomic mass is 35.5. The van der Waals surface area contributed by atoms with Gasteiger partial charge in [0, 0.05) is 21.4 Å². The molecule has 0 atom stereocenters. The average molecular weight is 284 g/mol. The molecule has 0 bridgehead atoms.